The Kier molecular flexibility index (Phi) is 8.87. The fourth-order valence-electron chi connectivity index (χ4n) is 1.93. The van der Waals surface area contributed by atoms with Crippen LogP contribution in [0.3, 0.4) is 0 Å². The highest BCUT2D eigenvalue weighted by molar-refractivity contribution is 7.92. The predicted octanol–water partition coefficient (Wildman–Crippen LogP) is 3.00. The van der Waals surface area contributed by atoms with Crippen LogP contribution in [0.15, 0.2) is 0 Å². The molecule has 0 aromatic rings. The van der Waals surface area contributed by atoms with Crippen molar-refractivity contribution in [2.45, 2.75) is 71.6 Å². The summed E-state index contributed by atoms with van der Waals surface area (Å²) in [5.74, 6) is 0.534. The van der Waals surface area contributed by atoms with E-state index in [-0.39, 0.29) is 11.2 Å². The van der Waals surface area contributed by atoms with E-state index >= 15 is 0 Å². The summed E-state index contributed by atoms with van der Waals surface area (Å²) in [4.78, 5) is 0. The van der Waals surface area contributed by atoms with Crippen LogP contribution in [0.5, 0.6) is 0 Å². The molecule has 0 aromatic carbocycles. The summed E-state index contributed by atoms with van der Waals surface area (Å²) in [5.41, 5.74) is 0. The van der Waals surface area contributed by atoms with Gasteiger partial charge in [-0.25, -0.2) is 8.42 Å². The highest BCUT2D eigenvalue weighted by Crippen LogP contribution is 2.14. The maximum absolute atomic E-state index is 12.0. The van der Waals surface area contributed by atoms with Gasteiger partial charge in [-0.05, 0) is 45.1 Å². The first-order valence-electron chi connectivity index (χ1n) is 7.30. The molecule has 0 aliphatic heterocycles. The molecule has 0 aliphatic rings. The van der Waals surface area contributed by atoms with Crippen molar-refractivity contribution in [3.63, 3.8) is 0 Å². The van der Waals surface area contributed by atoms with Crippen LogP contribution in [0.25, 0.3) is 0 Å². The minimum Gasteiger partial charge on any atom is -0.314 e. The van der Waals surface area contributed by atoms with Gasteiger partial charge in [0, 0.05) is 6.04 Å². The van der Waals surface area contributed by atoms with E-state index in [9.17, 15) is 8.42 Å². The van der Waals surface area contributed by atoms with Gasteiger partial charge >= 0.3 is 0 Å². The van der Waals surface area contributed by atoms with E-state index in [1.165, 1.54) is 0 Å². The van der Waals surface area contributed by atoms with Crippen LogP contribution >= 0.6 is 0 Å². The predicted molar refractivity (Wildman–Crippen MR) is 79.7 cm³/mol. The summed E-state index contributed by atoms with van der Waals surface area (Å²) in [6.07, 6.45) is 3.92. The summed E-state index contributed by atoms with van der Waals surface area (Å²) in [6.45, 7) is 11.1. The number of hydrogen-bond acceptors (Lipinski definition) is 3. The van der Waals surface area contributed by atoms with Crippen molar-refractivity contribution in [1.29, 1.82) is 0 Å². The Morgan fingerprint density at radius 3 is 2.17 bits per heavy atom. The van der Waals surface area contributed by atoms with Crippen LogP contribution in [0.1, 0.15) is 60.3 Å². The van der Waals surface area contributed by atoms with Gasteiger partial charge in [0.1, 0.15) is 0 Å². The van der Waals surface area contributed by atoms with Crippen LogP contribution in [0.2, 0.25) is 0 Å². The van der Waals surface area contributed by atoms with Crippen molar-refractivity contribution >= 4 is 9.84 Å². The Balaban J connectivity index is 4.08. The van der Waals surface area contributed by atoms with E-state index in [4.69, 9.17) is 0 Å². The maximum atomic E-state index is 12.0. The highest BCUT2D eigenvalue weighted by Gasteiger charge is 2.23. The summed E-state index contributed by atoms with van der Waals surface area (Å²) in [5, 5.41) is 3.24. The highest BCUT2D eigenvalue weighted by atomic mass is 32.2. The monoisotopic (exact) mass is 277 g/mol. The van der Waals surface area contributed by atoms with Gasteiger partial charge in [-0.3, -0.25) is 0 Å². The lowest BCUT2D eigenvalue weighted by Crippen LogP contribution is -2.31. The van der Waals surface area contributed by atoms with E-state index in [0.29, 0.717) is 11.8 Å². The van der Waals surface area contributed by atoms with E-state index in [2.05, 4.69) is 19.2 Å². The molecular weight excluding hydrogens is 246 g/mol. The molecule has 0 bridgehead atoms. The van der Waals surface area contributed by atoms with Gasteiger partial charge in [-0.15, -0.1) is 0 Å². The number of hydrogen-bond donors (Lipinski definition) is 1. The lowest BCUT2D eigenvalue weighted by molar-refractivity contribution is 0.461. The summed E-state index contributed by atoms with van der Waals surface area (Å²) < 4.78 is 24.1. The molecule has 4 heteroatoms. The van der Waals surface area contributed by atoms with Crippen LogP contribution in [0.4, 0.5) is 0 Å². The van der Waals surface area contributed by atoms with E-state index in [1.54, 1.807) is 0 Å². The van der Waals surface area contributed by atoms with Crippen molar-refractivity contribution in [2.24, 2.45) is 5.92 Å². The van der Waals surface area contributed by atoms with Gasteiger partial charge in [0.2, 0.25) is 0 Å². The van der Waals surface area contributed by atoms with Crippen molar-refractivity contribution in [3.8, 4) is 0 Å². The summed E-state index contributed by atoms with van der Waals surface area (Å²) >= 11 is 0. The summed E-state index contributed by atoms with van der Waals surface area (Å²) in [7, 11) is -2.91. The SMILES string of the molecule is CCCNC(CC)CCCS(=O)(=O)C(C)C(C)C. The Labute approximate surface area is 114 Å². The molecule has 0 amide bonds. The van der Waals surface area contributed by atoms with Gasteiger partial charge < -0.3 is 5.32 Å². The average Bonchev–Trinajstić information content (AvgIpc) is 2.32. The van der Waals surface area contributed by atoms with Crippen LogP contribution in [0, 0.1) is 5.92 Å². The smallest absolute Gasteiger partial charge is 0.153 e. The Morgan fingerprint density at radius 2 is 1.72 bits per heavy atom. The van der Waals surface area contributed by atoms with Crippen molar-refractivity contribution in [2.75, 3.05) is 12.3 Å². The molecular formula is C14H31NO2S. The van der Waals surface area contributed by atoms with Crippen LogP contribution < -0.4 is 5.32 Å². The van der Waals surface area contributed by atoms with Gasteiger partial charge in [0.15, 0.2) is 9.84 Å². The molecule has 0 fully saturated rings. The number of rotatable bonds is 10. The quantitative estimate of drug-likeness (QED) is 0.667. The van der Waals surface area contributed by atoms with E-state index in [0.717, 1.165) is 32.2 Å². The fraction of sp³-hybridized carbons (Fsp3) is 1.00. The molecule has 0 saturated carbocycles. The first kappa shape index (κ1) is 17.9. The van der Waals surface area contributed by atoms with Gasteiger partial charge in [0.05, 0.1) is 11.0 Å². The largest absolute Gasteiger partial charge is 0.314 e. The molecule has 0 rings (SSSR count). The van der Waals surface area contributed by atoms with Crippen molar-refractivity contribution < 1.29 is 8.42 Å². The lowest BCUT2D eigenvalue weighted by atomic mass is 10.1. The second-order valence-electron chi connectivity index (χ2n) is 5.52. The second-order valence-corrected chi connectivity index (χ2v) is 8.00. The minimum absolute atomic E-state index is 0.204. The molecule has 0 aromatic heterocycles. The topological polar surface area (TPSA) is 46.2 Å². The first-order valence-corrected chi connectivity index (χ1v) is 9.01. The average molecular weight is 277 g/mol. The molecule has 0 heterocycles. The van der Waals surface area contributed by atoms with E-state index in [1.807, 2.05) is 20.8 Å². The molecule has 0 spiro atoms. The van der Waals surface area contributed by atoms with Gasteiger partial charge in [-0.2, -0.15) is 0 Å². The van der Waals surface area contributed by atoms with Gasteiger partial charge in [-0.1, -0.05) is 27.7 Å². The third kappa shape index (κ3) is 6.74. The zero-order valence-corrected chi connectivity index (χ0v) is 13.5. The molecule has 2 unspecified atom stereocenters. The molecule has 2 atom stereocenters. The van der Waals surface area contributed by atoms with Crippen molar-refractivity contribution in [1.82, 2.24) is 5.32 Å². The first-order chi connectivity index (χ1) is 8.35. The molecule has 0 saturated heterocycles. The fourth-order valence-corrected chi connectivity index (χ4v) is 3.70. The third-order valence-electron chi connectivity index (χ3n) is 3.66. The molecule has 3 nitrogen and oxygen atoms in total. The maximum Gasteiger partial charge on any atom is 0.153 e. The zero-order valence-electron chi connectivity index (χ0n) is 12.7. The zero-order chi connectivity index (χ0) is 14.2. The number of nitrogens with one attached hydrogen (secondary N) is 1. The molecule has 1 N–H and O–H groups in total. The second kappa shape index (κ2) is 8.92. The van der Waals surface area contributed by atoms with Crippen molar-refractivity contribution in [3.05, 3.63) is 0 Å². The van der Waals surface area contributed by atoms with Crippen LogP contribution in [-0.4, -0.2) is 32.0 Å². The molecule has 18 heavy (non-hydrogen) atoms. The Morgan fingerprint density at radius 1 is 1.11 bits per heavy atom. The Hall–Kier alpha value is -0.0900. The summed E-state index contributed by atoms with van der Waals surface area (Å²) in [6, 6.07) is 0.467. The minimum atomic E-state index is -2.91. The molecule has 0 radical (unpaired) electrons. The Bertz CT molecular complexity index is 299. The van der Waals surface area contributed by atoms with Crippen LogP contribution in [-0.2, 0) is 9.84 Å². The van der Waals surface area contributed by atoms with Gasteiger partial charge in [0.25, 0.3) is 0 Å². The lowest BCUT2D eigenvalue weighted by Gasteiger charge is -2.19. The normalized spacial score (nSPS) is 15.9. The third-order valence-corrected chi connectivity index (χ3v) is 6.20. The molecule has 0 aliphatic carbocycles. The van der Waals surface area contributed by atoms with E-state index < -0.39 is 9.84 Å². The standard InChI is InChI=1S/C14H31NO2S/c1-6-10-15-14(7-2)9-8-11-18(16,17)13(5)12(3)4/h12-15H,6-11H2,1-5H3. The number of sulfone groups is 1. The molecule has 110 valence electrons.